The van der Waals surface area contributed by atoms with Crippen LogP contribution in [-0.4, -0.2) is 48.7 Å². The Morgan fingerprint density at radius 1 is 1.36 bits per heavy atom. The number of fused-ring (bicyclic) bond motifs is 3. The van der Waals surface area contributed by atoms with Crippen LogP contribution in [0.2, 0.25) is 0 Å². The summed E-state index contributed by atoms with van der Waals surface area (Å²) in [5.41, 5.74) is 2.51. The first kappa shape index (κ1) is 23.3. The quantitative estimate of drug-likeness (QED) is 0.566. The fourth-order valence-electron chi connectivity index (χ4n) is 5.05. The number of carbonyl (C=O) groups is 1. The van der Waals surface area contributed by atoms with E-state index < -0.39 is 12.1 Å². The monoisotopic (exact) mass is 450 g/mol. The molecule has 176 valence electrons. The summed E-state index contributed by atoms with van der Waals surface area (Å²) in [5.74, 6) is 1.93. The van der Waals surface area contributed by atoms with Crippen molar-refractivity contribution in [1.82, 2.24) is 9.88 Å². The number of nitrogens with zero attached hydrogens (tertiary/aromatic N) is 2. The molecule has 6 heteroatoms. The topological polar surface area (TPSA) is 60.9 Å². The molecule has 0 saturated heterocycles. The van der Waals surface area contributed by atoms with Gasteiger partial charge in [-0.2, -0.15) is 0 Å². The molecule has 0 fully saturated rings. The van der Waals surface area contributed by atoms with Gasteiger partial charge >= 0.3 is 5.97 Å². The molecular weight excluding hydrogens is 416 g/mol. The molecule has 0 amide bonds. The molecule has 1 aliphatic carbocycles. The first-order valence-corrected chi connectivity index (χ1v) is 11.7. The summed E-state index contributed by atoms with van der Waals surface area (Å²) in [6, 6.07) is 7.97. The SMILES string of the molecule is CCN(C)C(C)Cc1ccc(OC)c2c1C1(C)C(C)CC=C(OC(=O)c3cccnc3)C1O2. The third-order valence-corrected chi connectivity index (χ3v) is 7.58. The molecule has 2 aliphatic rings. The normalized spacial score (nSPS) is 24.4. The molecule has 2 heterocycles. The second-order valence-electron chi connectivity index (χ2n) is 9.41. The van der Waals surface area contributed by atoms with Gasteiger partial charge in [-0.15, -0.1) is 0 Å². The van der Waals surface area contributed by atoms with E-state index in [4.69, 9.17) is 14.2 Å². The largest absolute Gasteiger partial charge is 0.493 e. The Morgan fingerprint density at radius 3 is 2.82 bits per heavy atom. The highest BCUT2D eigenvalue weighted by molar-refractivity contribution is 5.89. The van der Waals surface area contributed by atoms with E-state index in [1.54, 1.807) is 25.4 Å². The summed E-state index contributed by atoms with van der Waals surface area (Å²) in [5, 5.41) is 0. The third-order valence-electron chi connectivity index (χ3n) is 7.58. The average Bonchev–Trinajstić information content (AvgIpc) is 3.16. The van der Waals surface area contributed by atoms with Crippen LogP contribution in [0.3, 0.4) is 0 Å². The lowest BCUT2D eigenvalue weighted by atomic mass is 9.64. The van der Waals surface area contributed by atoms with Crippen molar-refractivity contribution >= 4 is 5.97 Å². The van der Waals surface area contributed by atoms with Crippen LogP contribution in [0.4, 0.5) is 0 Å². The van der Waals surface area contributed by atoms with Gasteiger partial charge in [0, 0.05) is 29.4 Å². The summed E-state index contributed by atoms with van der Waals surface area (Å²) in [6.45, 7) is 9.89. The Balaban J connectivity index is 1.72. The number of rotatable bonds is 7. The molecule has 0 spiro atoms. The minimum atomic E-state index is -0.420. The highest BCUT2D eigenvalue weighted by Gasteiger charge is 2.55. The number of ether oxygens (including phenoxy) is 3. The number of methoxy groups -OCH3 is 1. The number of hydrogen-bond donors (Lipinski definition) is 0. The Hall–Kier alpha value is -2.86. The first-order valence-electron chi connectivity index (χ1n) is 11.7. The smallest absolute Gasteiger partial charge is 0.344 e. The zero-order chi connectivity index (χ0) is 23.8. The van der Waals surface area contributed by atoms with Crippen LogP contribution in [-0.2, 0) is 16.6 Å². The van der Waals surface area contributed by atoms with E-state index in [0.717, 1.165) is 25.1 Å². The van der Waals surface area contributed by atoms with Gasteiger partial charge in [0.25, 0.3) is 0 Å². The number of likely N-dealkylation sites (N-methyl/N-ethyl adjacent to an activating group) is 1. The Kier molecular flexibility index (Phi) is 6.48. The maximum atomic E-state index is 12.8. The van der Waals surface area contributed by atoms with E-state index in [1.165, 1.54) is 17.3 Å². The van der Waals surface area contributed by atoms with Crippen molar-refractivity contribution in [3.8, 4) is 11.5 Å². The molecule has 0 bridgehead atoms. The van der Waals surface area contributed by atoms with E-state index in [0.29, 0.717) is 29.0 Å². The van der Waals surface area contributed by atoms with E-state index in [-0.39, 0.29) is 5.41 Å². The fraction of sp³-hybridized carbons (Fsp3) is 0.481. The van der Waals surface area contributed by atoms with Crippen LogP contribution >= 0.6 is 0 Å². The molecule has 4 rings (SSSR count). The Labute approximate surface area is 196 Å². The maximum absolute atomic E-state index is 12.8. The van der Waals surface area contributed by atoms with Crippen LogP contribution in [0.15, 0.2) is 48.5 Å². The molecule has 2 aromatic rings. The second kappa shape index (κ2) is 9.18. The van der Waals surface area contributed by atoms with Crippen LogP contribution in [0, 0.1) is 5.92 Å². The van der Waals surface area contributed by atoms with Crippen molar-refractivity contribution in [3.63, 3.8) is 0 Å². The highest BCUT2D eigenvalue weighted by Crippen LogP contribution is 2.57. The number of pyridine rings is 1. The predicted molar refractivity (Wildman–Crippen MR) is 128 cm³/mol. The van der Waals surface area contributed by atoms with Crippen molar-refractivity contribution in [2.24, 2.45) is 5.92 Å². The third kappa shape index (κ3) is 4.01. The molecule has 0 N–H and O–H groups in total. The standard InChI is InChI=1S/C27H34N2O4/c1-7-29(5)18(3)15-19-11-13-21(31-6)24-23(19)27(4)17(2)10-12-22(25(27)33-24)32-26(30)20-9-8-14-28-16-20/h8-9,11-14,16-18,25H,7,10,15H2,1-6H3. The van der Waals surface area contributed by atoms with Crippen LogP contribution in [0.5, 0.6) is 11.5 Å². The number of carbonyl (C=O) groups excluding carboxylic acids is 1. The van der Waals surface area contributed by atoms with Gasteiger partial charge in [-0.1, -0.05) is 26.8 Å². The van der Waals surface area contributed by atoms with Gasteiger partial charge in [0.2, 0.25) is 0 Å². The van der Waals surface area contributed by atoms with Crippen molar-refractivity contribution in [3.05, 3.63) is 65.2 Å². The molecule has 1 aliphatic heterocycles. The zero-order valence-electron chi connectivity index (χ0n) is 20.4. The summed E-state index contributed by atoms with van der Waals surface area (Å²) < 4.78 is 18.1. The van der Waals surface area contributed by atoms with E-state index in [1.807, 2.05) is 12.1 Å². The minimum Gasteiger partial charge on any atom is -0.493 e. The van der Waals surface area contributed by atoms with Gasteiger partial charge in [0.15, 0.2) is 17.6 Å². The number of benzene rings is 1. The Bertz CT molecular complexity index is 1050. The lowest BCUT2D eigenvalue weighted by Gasteiger charge is -2.40. The van der Waals surface area contributed by atoms with Crippen LogP contribution in [0.25, 0.3) is 0 Å². The Morgan fingerprint density at radius 2 is 2.15 bits per heavy atom. The van der Waals surface area contributed by atoms with Gasteiger partial charge in [0.1, 0.15) is 5.76 Å². The van der Waals surface area contributed by atoms with E-state index in [2.05, 4.69) is 50.7 Å². The molecule has 1 aromatic heterocycles. The molecule has 4 unspecified atom stereocenters. The molecule has 33 heavy (non-hydrogen) atoms. The average molecular weight is 451 g/mol. The predicted octanol–water partition coefficient (Wildman–Crippen LogP) is 4.77. The highest BCUT2D eigenvalue weighted by atomic mass is 16.6. The summed E-state index contributed by atoms with van der Waals surface area (Å²) in [7, 11) is 3.82. The maximum Gasteiger partial charge on any atom is 0.344 e. The van der Waals surface area contributed by atoms with E-state index in [9.17, 15) is 4.79 Å². The van der Waals surface area contributed by atoms with Gasteiger partial charge in [0.05, 0.1) is 12.7 Å². The van der Waals surface area contributed by atoms with Gasteiger partial charge < -0.3 is 19.1 Å². The lowest BCUT2D eigenvalue weighted by molar-refractivity contribution is 0.0385. The van der Waals surface area contributed by atoms with Crippen molar-refractivity contribution in [1.29, 1.82) is 0 Å². The number of hydrogen-bond acceptors (Lipinski definition) is 6. The van der Waals surface area contributed by atoms with Gasteiger partial charge in [-0.3, -0.25) is 4.98 Å². The van der Waals surface area contributed by atoms with Gasteiger partial charge in [-0.05, 0) is 69.1 Å². The zero-order valence-corrected chi connectivity index (χ0v) is 20.4. The second-order valence-corrected chi connectivity index (χ2v) is 9.41. The first-order chi connectivity index (χ1) is 15.8. The van der Waals surface area contributed by atoms with Crippen LogP contribution < -0.4 is 9.47 Å². The molecule has 0 saturated carbocycles. The minimum absolute atomic E-state index is 0.301. The van der Waals surface area contributed by atoms with Crippen LogP contribution in [0.1, 0.15) is 55.6 Å². The molecule has 0 radical (unpaired) electrons. The summed E-state index contributed by atoms with van der Waals surface area (Å²) >= 11 is 0. The summed E-state index contributed by atoms with van der Waals surface area (Å²) in [4.78, 5) is 19.2. The molecule has 1 aromatic carbocycles. The number of esters is 1. The number of aromatic nitrogens is 1. The van der Waals surface area contributed by atoms with Crippen molar-refractivity contribution < 1.29 is 19.0 Å². The number of allylic oxidation sites excluding steroid dienone is 1. The van der Waals surface area contributed by atoms with Gasteiger partial charge in [-0.25, -0.2) is 4.79 Å². The molecule has 4 atom stereocenters. The molecule has 6 nitrogen and oxygen atoms in total. The fourth-order valence-corrected chi connectivity index (χ4v) is 5.05. The lowest BCUT2D eigenvalue weighted by Crippen LogP contribution is -2.46. The van der Waals surface area contributed by atoms with Crippen molar-refractivity contribution in [2.75, 3.05) is 20.7 Å². The molecular formula is C27H34N2O4. The van der Waals surface area contributed by atoms with Crippen molar-refractivity contribution in [2.45, 2.75) is 58.1 Å². The summed E-state index contributed by atoms with van der Waals surface area (Å²) in [6.07, 6.45) is 6.46. The van der Waals surface area contributed by atoms with E-state index >= 15 is 0 Å².